The van der Waals surface area contributed by atoms with Crippen LogP contribution in [0, 0.1) is 5.92 Å². The van der Waals surface area contributed by atoms with Crippen molar-refractivity contribution in [2.45, 2.75) is 32.7 Å². The zero-order valence-electron chi connectivity index (χ0n) is 9.69. The highest BCUT2D eigenvalue weighted by molar-refractivity contribution is 5.74. The molecule has 16 heavy (non-hydrogen) atoms. The molecule has 0 aliphatic rings. The summed E-state index contributed by atoms with van der Waals surface area (Å²) in [7, 11) is 0. The first kappa shape index (κ1) is 14.7. The summed E-state index contributed by atoms with van der Waals surface area (Å²) >= 11 is 0. The second-order valence-electron chi connectivity index (χ2n) is 3.93. The Labute approximate surface area is 95.0 Å². The van der Waals surface area contributed by atoms with Gasteiger partial charge in [-0.25, -0.2) is 4.79 Å². The van der Waals surface area contributed by atoms with Crippen molar-refractivity contribution in [2.24, 2.45) is 5.92 Å². The Kier molecular flexibility index (Phi) is 7.28. The van der Waals surface area contributed by atoms with Crippen LogP contribution in [0.25, 0.3) is 0 Å². The molecular weight excluding hydrogens is 212 g/mol. The number of carboxylic acid groups (broad SMARTS) is 1. The number of carboxylic acids is 1. The zero-order chi connectivity index (χ0) is 12.6. The molecule has 6 heteroatoms. The second kappa shape index (κ2) is 7.92. The Morgan fingerprint density at radius 1 is 1.31 bits per heavy atom. The zero-order valence-corrected chi connectivity index (χ0v) is 9.69. The highest BCUT2D eigenvalue weighted by atomic mass is 16.4. The molecule has 4 N–H and O–H groups in total. The van der Waals surface area contributed by atoms with Crippen molar-refractivity contribution in [2.75, 3.05) is 13.2 Å². The lowest BCUT2D eigenvalue weighted by Gasteiger charge is -2.20. The van der Waals surface area contributed by atoms with E-state index in [4.69, 9.17) is 10.2 Å². The van der Waals surface area contributed by atoms with Gasteiger partial charge in [0.25, 0.3) is 0 Å². The Morgan fingerprint density at radius 2 is 1.94 bits per heavy atom. The average Bonchev–Trinajstić information content (AvgIpc) is 2.20. The van der Waals surface area contributed by atoms with Crippen LogP contribution in [0.1, 0.15) is 26.7 Å². The highest BCUT2D eigenvalue weighted by Crippen LogP contribution is 1.99. The van der Waals surface area contributed by atoms with Gasteiger partial charge in [-0.05, 0) is 12.3 Å². The number of nitrogens with one attached hydrogen (secondary N) is 2. The van der Waals surface area contributed by atoms with Crippen molar-refractivity contribution in [1.82, 2.24) is 10.6 Å². The fourth-order valence-electron chi connectivity index (χ4n) is 1.08. The molecule has 0 aromatic heterocycles. The van der Waals surface area contributed by atoms with Gasteiger partial charge in [-0.1, -0.05) is 13.8 Å². The van der Waals surface area contributed by atoms with Crippen LogP contribution in [-0.4, -0.2) is 41.4 Å². The third kappa shape index (κ3) is 7.05. The van der Waals surface area contributed by atoms with Crippen molar-refractivity contribution >= 4 is 12.0 Å². The van der Waals surface area contributed by atoms with Gasteiger partial charge in [0.1, 0.15) is 0 Å². The summed E-state index contributed by atoms with van der Waals surface area (Å²) in [6, 6.07) is -0.655. The normalized spacial score (nSPS) is 12.2. The molecule has 0 fully saturated rings. The van der Waals surface area contributed by atoms with Crippen LogP contribution >= 0.6 is 0 Å². The van der Waals surface area contributed by atoms with Crippen molar-refractivity contribution in [3.05, 3.63) is 0 Å². The van der Waals surface area contributed by atoms with Crippen LogP contribution in [0.5, 0.6) is 0 Å². The predicted molar refractivity (Wildman–Crippen MR) is 59.1 cm³/mol. The summed E-state index contributed by atoms with van der Waals surface area (Å²) in [6.45, 7) is 3.99. The number of aliphatic hydroxyl groups excluding tert-OH is 1. The smallest absolute Gasteiger partial charge is 0.315 e. The summed E-state index contributed by atoms with van der Waals surface area (Å²) in [4.78, 5) is 21.5. The van der Waals surface area contributed by atoms with Gasteiger partial charge in [-0.2, -0.15) is 0 Å². The third-order valence-corrected chi connectivity index (χ3v) is 2.17. The minimum Gasteiger partial charge on any atom is -0.481 e. The number of hydrogen-bond acceptors (Lipinski definition) is 3. The Morgan fingerprint density at radius 3 is 2.38 bits per heavy atom. The van der Waals surface area contributed by atoms with Gasteiger partial charge in [0.15, 0.2) is 0 Å². The number of urea groups is 1. The maximum absolute atomic E-state index is 11.3. The number of hydrogen-bond donors (Lipinski definition) is 4. The SMILES string of the molecule is CC(C)[C@@H](CO)NC(=O)NCCCC(=O)O. The molecule has 0 rings (SSSR count). The van der Waals surface area contributed by atoms with E-state index in [0.717, 1.165) is 0 Å². The monoisotopic (exact) mass is 232 g/mol. The Bertz CT molecular complexity index is 231. The molecule has 0 aliphatic carbocycles. The van der Waals surface area contributed by atoms with Crippen molar-refractivity contribution in [1.29, 1.82) is 0 Å². The van der Waals surface area contributed by atoms with E-state index < -0.39 is 5.97 Å². The van der Waals surface area contributed by atoms with Gasteiger partial charge < -0.3 is 20.8 Å². The number of aliphatic hydroxyl groups is 1. The lowest BCUT2D eigenvalue weighted by molar-refractivity contribution is -0.137. The van der Waals surface area contributed by atoms with Gasteiger partial charge in [-0.3, -0.25) is 4.79 Å². The quantitative estimate of drug-likeness (QED) is 0.470. The van der Waals surface area contributed by atoms with Gasteiger partial charge in [0, 0.05) is 13.0 Å². The Balaban J connectivity index is 3.68. The minimum atomic E-state index is -0.877. The van der Waals surface area contributed by atoms with Crippen molar-refractivity contribution in [3.63, 3.8) is 0 Å². The lowest BCUT2D eigenvalue weighted by Crippen LogP contribution is -2.46. The Hall–Kier alpha value is -1.30. The fraction of sp³-hybridized carbons (Fsp3) is 0.800. The minimum absolute atomic E-state index is 0.0356. The topological polar surface area (TPSA) is 98.7 Å². The molecule has 0 aromatic rings. The van der Waals surface area contributed by atoms with Crippen LogP contribution in [-0.2, 0) is 4.79 Å². The number of amides is 2. The van der Waals surface area contributed by atoms with E-state index in [-0.39, 0.29) is 31.0 Å². The van der Waals surface area contributed by atoms with Crippen LogP contribution in [0.4, 0.5) is 4.79 Å². The summed E-state index contributed by atoms with van der Waals surface area (Å²) in [5.41, 5.74) is 0. The molecular formula is C10H20N2O4. The standard InChI is InChI=1S/C10H20N2O4/c1-7(2)8(6-13)12-10(16)11-5-3-4-9(14)15/h7-8,13H,3-6H2,1-2H3,(H,14,15)(H2,11,12,16)/t8-/m1/s1. The van der Waals surface area contributed by atoms with Crippen molar-refractivity contribution < 1.29 is 19.8 Å². The lowest BCUT2D eigenvalue weighted by atomic mass is 10.1. The molecule has 0 saturated heterocycles. The molecule has 94 valence electrons. The van der Waals surface area contributed by atoms with Crippen LogP contribution in [0.15, 0.2) is 0 Å². The molecule has 6 nitrogen and oxygen atoms in total. The van der Waals surface area contributed by atoms with E-state index in [9.17, 15) is 9.59 Å². The molecule has 0 radical (unpaired) electrons. The van der Waals surface area contributed by atoms with Crippen LogP contribution in [0.3, 0.4) is 0 Å². The van der Waals surface area contributed by atoms with E-state index in [1.54, 1.807) is 0 Å². The van der Waals surface area contributed by atoms with Gasteiger partial charge in [0.05, 0.1) is 12.6 Å². The first-order valence-electron chi connectivity index (χ1n) is 5.34. The molecule has 0 heterocycles. The fourth-order valence-corrected chi connectivity index (χ4v) is 1.08. The van der Waals surface area contributed by atoms with Gasteiger partial charge in [-0.15, -0.1) is 0 Å². The van der Waals surface area contributed by atoms with Gasteiger partial charge in [0.2, 0.25) is 0 Å². The molecule has 0 aromatic carbocycles. The molecule has 2 amide bonds. The average molecular weight is 232 g/mol. The molecule has 0 spiro atoms. The summed E-state index contributed by atoms with van der Waals surface area (Å²) < 4.78 is 0. The molecule has 0 unspecified atom stereocenters. The van der Waals surface area contributed by atoms with E-state index >= 15 is 0 Å². The molecule has 1 atom stereocenters. The van der Waals surface area contributed by atoms with Gasteiger partial charge >= 0.3 is 12.0 Å². The van der Waals surface area contributed by atoms with Crippen LogP contribution in [0.2, 0.25) is 0 Å². The molecule has 0 saturated carbocycles. The van der Waals surface area contributed by atoms with Crippen LogP contribution < -0.4 is 10.6 Å². The summed E-state index contributed by atoms with van der Waals surface area (Å²) in [5, 5.41) is 22.5. The van der Waals surface area contributed by atoms with Crippen molar-refractivity contribution in [3.8, 4) is 0 Å². The molecule has 0 aliphatic heterocycles. The predicted octanol–water partition coefficient (Wildman–Crippen LogP) is 0.167. The second-order valence-corrected chi connectivity index (χ2v) is 3.93. The number of rotatable bonds is 7. The molecule has 0 bridgehead atoms. The summed E-state index contributed by atoms with van der Waals surface area (Å²) in [5.74, 6) is -0.729. The number of carbonyl (C=O) groups excluding carboxylic acids is 1. The first-order valence-corrected chi connectivity index (χ1v) is 5.34. The van der Waals surface area contributed by atoms with E-state index in [0.29, 0.717) is 13.0 Å². The van der Waals surface area contributed by atoms with E-state index in [2.05, 4.69) is 10.6 Å². The maximum atomic E-state index is 11.3. The maximum Gasteiger partial charge on any atom is 0.315 e. The van der Waals surface area contributed by atoms with E-state index in [1.165, 1.54) is 0 Å². The first-order chi connectivity index (χ1) is 7.47. The third-order valence-electron chi connectivity index (χ3n) is 2.17. The summed E-state index contributed by atoms with van der Waals surface area (Å²) in [6.07, 6.45) is 0.433. The largest absolute Gasteiger partial charge is 0.481 e. The van der Waals surface area contributed by atoms with E-state index in [1.807, 2.05) is 13.8 Å². The number of aliphatic carboxylic acids is 1. The number of carbonyl (C=O) groups is 2. The highest BCUT2D eigenvalue weighted by Gasteiger charge is 2.14.